The third kappa shape index (κ3) is 3.69. The molecule has 0 unspecified atom stereocenters. The summed E-state index contributed by atoms with van der Waals surface area (Å²) >= 11 is 1.76. The van der Waals surface area contributed by atoms with E-state index < -0.39 is 0 Å². The van der Waals surface area contributed by atoms with E-state index in [0.29, 0.717) is 43.9 Å². The number of fused-ring (bicyclic) bond motifs is 7. The van der Waals surface area contributed by atoms with Crippen molar-refractivity contribution >= 4 is 75.4 Å². The molecular formula is C38H20O4S. The van der Waals surface area contributed by atoms with Gasteiger partial charge in [0.15, 0.2) is 0 Å². The van der Waals surface area contributed by atoms with Gasteiger partial charge in [0.25, 0.3) is 0 Å². The maximum Gasteiger partial charge on any atom is 0.200 e. The molecule has 0 bridgehead atoms. The molecule has 3 aromatic heterocycles. The molecule has 0 amide bonds. The summed E-state index contributed by atoms with van der Waals surface area (Å²) in [6, 6.07) is 39.3. The Balaban J connectivity index is 1.18. The van der Waals surface area contributed by atoms with E-state index in [1.54, 1.807) is 23.5 Å². The Morgan fingerprint density at radius 3 is 1.26 bits per heavy atom. The van der Waals surface area contributed by atoms with Gasteiger partial charge in [0.05, 0.1) is 21.5 Å². The van der Waals surface area contributed by atoms with Gasteiger partial charge in [0, 0.05) is 20.2 Å². The van der Waals surface area contributed by atoms with Crippen molar-refractivity contribution in [1.29, 1.82) is 0 Å². The number of thiophene rings is 1. The molecule has 0 aliphatic carbocycles. The van der Waals surface area contributed by atoms with Gasteiger partial charge in [-0.2, -0.15) is 0 Å². The van der Waals surface area contributed by atoms with E-state index in [1.165, 1.54) is 9.40 Å². The highest BCUT2D eigenvalue weighted by atomic mass is 32.1. The quantitative estimate of drug-likeness (QED) is 0.193. The van der Waals surface area contributed by atoms with E-state index in [1.807, 2.05) is 72.8 Å². The Morgan fingerprint density at radius 1 is 0.372 bits per heavy atom. The van der Waals surface area contributed by atoms with Gasteiger partial charge in [-0.3, -0.25) is 9.59 Å². The van der Waals surface area contributed by atoms with Gasteiger partial charge >= 0.3 is 0 Å². The van der Waals surface area contributed by atoms with Crippen LogP contribution in [0.2, 0.25) is 0 Å². The molecule has 0 fully saturated rings. The molecule has 6 aromatic carbocycles. The topological polar surface area (TPSA) is 60.4 Å². The predicted molar refractivity (Wildman–Crippen MR) is 177 cm³/mol. The van der Waals surface area contributed by atoms with E-state index in [-0.39, 0.29) is 10.9 Å². The lowest BCUT2D eigenvalue weighted by Crippen LogP contribution is -2.01. The van der Waals surface area contributed by atoms with E-state index in [4.69, 9.17) is 8.83 Å². The van der Waals surface area contributed by atoms with Crippen LogP contribution in [0.4, 0.5) is 0 Å². The van der Waals surface area contributed by atoms with Crippen LogP contribution >= 0.6 is 11.3 Å². The first-order valence-electron chi connectivity index (χ1n) is 14.0. The second kappa shape index (κ2) is 8.99. The minimum absolute atomic E-state index is 0.0173. The molecular weight excluding hydrogens is 552 g/mol. The van der Waals surface area contributed by atoms with Crippen molar-refractivity contribution in [2.45, 2.75) is 0 Å². The standard InChI is InChI=1S/C38H20O4S/c39-37-25-5-1-3-7-31(25)41-33-19-23(9-13-27(33)37)21-11-15-35-29(17-21)30-18-22(12-16-36(30)43-35)24-10-14-28-34(20-24)42-32-8-4-2-6-26(32)38(28)40/h1-20H. The summed E-state index contributed by atoms with van der Waals surface area (Å²) in [4.78, 5) is 26.1. The summed E-state index contributed by atoms with van der Waals surface area (Å²) in [5.41, 5.74) is 6.37. The van der Waals surface area contributed by atoms with Crippen molar-refractivity contribution in [3.8, 4) is 22.3 Å². The second-order valence-electron chi connectivity index (χ2n) is 10.8. The van der Waals surface area contributed by atoms with Gasteiger partial charge in [-0.05, 0) is 95.1 Å². The van der Waals surface area contributed by atoms with Crippen molar-refractivity contribution in [2.75, 3.05) is 0 Å². The fourth-order valence-electron chi connectivity index (χ4n) is 6.10. The lowest BCUT2D eigenvalue weighted by molar-refractivity contribution is 0.659. The molecule has 3 heterocycles. The van der Waals surface area contributed by atoms with Crippen molar-refractivity contribution in [2.24, 2.45) is 0 Å². The van der Waals surface area contributed by atoms with Gasteiger partial charge in [-0.1, -0.05) is 48.5 Å². The molecule has 0 N–H and O–H groups in total. The Kier molecular flexibility index (Phi) is 5.04. The highest BCUT2D eigenvalue weighted by Crippen LogP contribution is 2.39. The van der Waals surface area contributed by atoms with Crippen LogP contribution < -0.4 is 10.9 Å². The molecule has 0 atom stereocenters. The van der Waals surface area contributed by atoms with Gasteiger partial charge in [0.2, 0.25) is 10.9 Å². The van der Waals surface area contributed by atoms with Crippen molar-refractivity contribution in [3.63, 3.8) is 0 Å². The average Bonchev–Trinajstić information content (AvgIpc) is 3.42. The van der Waals surface area contributed by atoms with Crippen LogP contribution in [0.5, 0.6) is 0 Å². The first-order chi connectivity index (χ1) is 21.1. The molecule has 5 heteroatoms. The average molecular weight is 573 g/mol. The maximum atomic E-state index is 13.0. The Hall–Kier alpha value is -5.52. The Bertz CT molecular complexity index is 2540. The predicted octanol–water partition coefficient (Wildman–Crippen LogP) is 9.91. The summed E-state index contributed by atoms with van der Waals surface area (Å²) < 4.78 is 14.7. The van der Waals surface area contributed by atoms with Crippen molar-refractivity contribution in [1.82, 2.24) is 0 Å². The third-order valence-electron chi connectivity index (χ3n) is 8.29. The fraction of sp³-hybridized carbons (Fsp3) is 0. The second-order valence-corrected chi connectivity index (χ2v) is 11.9. The molecule has 9 rings (SSSR count). The SMILES string of the molecule is O=c1c2ccccc2oc2cc(-c3ccc4sc5ccc(-c6ccc7c(=O)c8ccccc8oc7c6)cc5c4c3)ccc12. The molecule has 0 saturated carbocycles. The van der Waals surface area contributed by atoms with Crippen molar-refractivity contribution in [3.05, 3.63) is 142 Å². The molecule has 0 spiro atoms. The smallest absolute Gasteiger partial charge is 0.200 e. The minimum atomic E-state index is -0.0173. The van der Waals surface area contributed by atoms with E-state index in [9.17, 15) is 9.59 Å². The van der Waals surface area contributed by atoms with Gasteiger partial charge in [-0.25, -0.2) is 0 Å². The zero-order chi connectivity index (χ0) is 28.7. The van der Waals surface area contributed by atoms with Gasteiger partial charge in [0.1, 0.15) is 22.3 Å². The van der Waals surface area contributed by atoms with Crippen LogP contribution in [0.3, 0.4) is 0 Å². The van der Waals surface area contributed by atoms with Crippen LogP contribution in [0.25, 0.3) is 86.3 Å². The largest absolute Gasteiger partial charge is 0.456 e. The third-order valence-corrected chi connectivity index (χ3v) is 9.44. The van der Waals surface area contributed by atoms with Gasteiger partial charge in [-0.15, -0.1) is 11.3 Å². The normalized spacial score (nSPS) is 11.9. The number of hydrogen-bond donors (Lipinski definition) is 0. The van der Waals surface area contributed by atoms with Crippen LogP contribution in [-0.2, 0) is 0 Å². The number of hydrogen-bond acceptors (Lipinski definition) is 5. The van der Waals surface area contributed by atoms with E-state index >= 15 is 0 Å². The summed E-state index contributed by atoms with van der Waals surface area (Å²) in [5.74, 6) is 0. The summed E-state index contributed by atoms with van der Waals surface area (Å²) in [5, 5.41) is 4.66. The fourth-order valence-corrected chi connectivity index (χ4v) is 7.16. The van der Waals surface area contributed by atoms with Crippen LogP contribution in [-0.4, -0.2) is 0 Å². The molecule has 9 aromatic rings. The van der Waals surface area contributed by atoms with Crippen LogP contribution in [0.1, 0.15) is 0 Å². The first kappa shape index (κ1) is 24.1. The van der Waals surface area contributed by atoms with E-state index in [0.717, 1.165) is 33.0 Å². The highest BCUT2D eigenvalue weighted by Gasteiger charge is 2.13. The summed E-state index contributed by atoms with van der Waals surface area (Å²) in [7, 11) is 0. The molecule has 0 aliphatic heterocycles. The molecule has 43 heavy (non-hydrogen) atoms. The minimum Gasteiger partial charge on any atom is -0.456 e. The lowest BCUT2D eigenvalue weighted by Gasteiger charge is -2.07. The monoisotopic (exact) mass is 572 g/mol. The molecule has 4 nitrogen and oxygen atoms in total. The lowest BCUT2D eigenvalue weighted by atomic mass is 9.99. The first-order valence-corrected chi connectivity index (χ1v) is 14.8. The molecule has 0 saturated heterocycles. The summed E-state index contributed by atoms with van der Waals surface area (Å²) in [6.07, 6.45) is 0. The summed E-state index contributed by atoms with van der Waals surface area (Å²) in [6.45, 7) is 0. The zero-order valence-electron chi connectivity index (χ0n) is 22.6. The molecule has 0 aliphatic rings. The van der Waals surface area contributed by atoms with E-state index in [2.05, 4.69) is 36.4 Å². The van der Waals surface area contributed by atoms with Crippen LogP contribution in [0, 0.1) is 0 Å². The highest BCUT2D eigenvalue weighted by molar-refractivity contribution is 7.25. The van der Waals surface area contributed by atoms with Gasteiger partial charge < -0.3 is 8.83 Å². The zero-order valence-corrected chi connectivity index (χ0v) is 23.4. The number of rotatable bonds is 2. The number of benzene rings is 6. The molecule has 0 radical (unpaired) electrons. The number of para-hydroxylation sites is 2. The maximum absolute atomic E-state index is 13.0. The Morgan fingerprint density at radius 2 is 0.767 bits per heavy atom. The molecule has 202 valence electrons. The van der Waals surface area contributed by atoms with Crippen molar-refractivity contribution < 1.29 is 8.83 Å². The Labute approximate surface area is 247 Å². The van der Waals surface area contributed by atoms with Crippen LogP contribution in [0.15, 0.2) is 140 Å².